The monoisotopic (exact) mass is 357 g/mol. The first-order chi connectivity index (χ1) is 11.9. The lowest BCUT2D eigenvalue weighted by Gasteiger charge is -2.34. The Balaban J connectivity index is 1.80. The molecule has 1 amide bonds. The van der Waals surface area contributed by atoms with Crippen molar-refractivity contribution in [1.29, 1.82) is 0 Å². The lowest BCUT2D eigenvalue weighted by atomic mass is 9.98. The van der Waals surface area contributed by atoms with E-state index in [-0.39, 0.29) is 11.9 Å². The van der Waals surface area contributed by atoms with Gasteiger partial charge in [0.25, 0.3) is 5.91 Å². The highest BCUT2D eigenvalue weighted by Crippen LogP contribution is 2.36. The third kappa shape index (κ3) is 3.82. The number of rotatable bonds is 4. The number of amides is 1. The molecule has 0 radical (unpaired) electrons. The van der Waals surface area contributed by atoms with Gasteiger partial charge in [0.2, 0.25) is 0 Å². The molecule has 2 aromatic rings. The van der Waals surface area contributed by atoms with Crippen LogP contribution in [0.3, 0.4) is 0 Å². The highest BCUT2D eigenvalue weighted by molar-refractivity contribution is 6.30. The molecule has 25 heavy (non-hydrogen) atoms. The van der Waals surface area contributed by atoms with E-state index in [0.29, 0.717) is 10.8 Å². The van der Waals surface area contributed by atoms with Crippen molar-refractivity contribution in [3.63, 3.8) is 0 Å². The highest BCUT2D eigenvalue weighted by Gasteiger charge is 2.40. The summed E-state index contributed by atoms with van der Waals surface area (Å²) < 4.78 is 6.00. The molecule has 3 rings (SSSR count). The first-order valence-corrected chi connectivity index (χ1v) is 9.07. The Labute approximate surface area is 154 Å². The normalized spacial score (nSPS) is 17.6. The van der Waals surface area contributed by atoms with Gasteiger partial charge >= 0.3 is 0 Å². The smallest absolute Gasteiger partial charge is 0.266 e. The van der Waals surface area contributed by atoms with Crippen LogP contribution in [0.15, 0.2) is 48.5 Å². The van der Waals surface area contributed by atoms with Crippen molar-refractivity contribution in [1.82, 2.24) is 4.90 Å². The van der Waals surface area contributed by atoms with E-state index in [1.807, 2.05) is 30.9 Å². The summed E-state index contributed by atoms with van der Waals surface area (Å²) in [5.41, 5.74) is 1.53. The Bertz CT molecular complexity index is 755. The zero-order valence-corrected chi connectivity index (χ0v) is 15.7. The fourth-order valence-electron chi connectivity index (χ4n) is 3.48. The van der Waals surface area contributed by atoms with Gasteiger partial charge in [0.05, 0.1) is 6.04 Å². The van der Waals surface area contributed by atoms with Gasteiger partial charge in [-0.25, -0.2) is 0 Å². The molecule has 1 atom stereocenters. The molecule has 0 aromatic heterocycles. The number of carbonyl (C=O) groups excluding carboxylic acids is 1. The van der Waals surface area contributed by atoms with Crippen LogP contribution in [-0.2, 0) is 4.79 Å². The van der Waals surface area contributed by atoms with Crippen molar-refractivity contribution in [2.45, 2.75) is 45.3 Å². The van der Waals surface area contributed by atoms with Gasteiger partial charge in [0, 0.05) is 11.6 Å². The number of halogens is 1. The Morgan fingerprint density at radius 1 is 1.16 bits per heavy atom. The van der Waals surface area contributed by atoms with Gasteiger partial charge in [-0.2, -0.15) is 0 Å². The molecule has 0 bridgehead atoms. The van der Waals surface area contributed by atoms with Gasteiger partial charge in [0.15, 0.2) is 5.60 Å². The first kappa shape index (κ1) is 17.8. The van der Waals surface area contributed by atoms with Gasteiger partial charge < -0.3 is 9.64 Å². The summed E-state index contributed by atoms with van der Waals surface area (Å²) >= 11 is 5.92. The van der Waals surface area contributed by atoms with Gasteiger partial charge in [-0.05, 0) is 69.0 Å². The van der Waals surface area contributed by atoms with E-state index in [4.69, 9.17) is 16.3 Å². The molecular formula is C21H24ClNO2. The minimum atomic E-state index is -0.931. The van der Waals surface area contributed by atoms with E-state index in [1.165, 1.54) is 11.1 Å². The number of benzene rings is 2. The van der Waals surface area contributed by atoms with Crippen LogP contribution in [0.1, 0.15) is 43.9 Å². The lowest BCUT2D eigenvalue weighted by molar-refractivity contribution is -0.146. The third-order valence-electron chi connectivity index (χ3n) is 4.76. The standard InChI is InChI=1S/C21H24ClNO2/c1-15-7-4-5-8-18(15)19-9-6-14-23(19)20(24)21(2,3)25-17-12-10-16(22)11-13-17/h4-5,7-8,10-13,19H,6,9,14H2,1-3H3. The number of hydrogen-bond donors (Lipinski definition) is 0. The largest absolute Gasteiger partial charge is 0.478 e. The summed E-state index contributed by atoms with van der Waals surface area (Å²) in [6.45, 7) is 6.53. The number of nitrogens with zero attached hydrogens (tertiary/aromatic N) is 1. The molecule has 1 heterocycles. The maximum Gasteiger partial charge on any atom is 0.266 e. The fraction of sp³-hybridized carbons (Fsp3) is 0.381. The van der Waals surface area contributed by atoms with Crippen molar-refractivity contribution in [2.75, 3.05) is 6.54 Å². The molecule has 1 saturated heterocycles. The van der Waals surface area contributed by atoms with Crippen molar-refractivity contribution in [2.24, 2.45) is 0 Å². The molecule has 1 unspecified atom stereocenters. The molecule has 1 aliphatic rings. The number of ether oxygens (including phenoxy) is 1. The van der Waals surface area contributed by atoms with Gasteiger partial charge in [-0.3, -0.25) is 4.79 Å². The van der Waals surface area contributed by atoms with E-state index in [2.05, 4.69) is 19.1 Å². The summed E-state index contributed by atoms with van der Waals surface area (Å²) in [4.78, 5) is 15.2. The quantitative estimate of drug-likeness (QED) is 0.755. The highest BCUT2D eigenvalue weighted by atomic mass is 35.5. The summed E-state index contributed by atoms with van der Waals surface area (Å²) in [6.07, 6.45) is 2.01. The zero-order chi connectivity index (χ0) is 18.0. The van der Waals surface area contributed by atoms with Crippen LogP contribution >= 0.6 is 11.6 Å². The lowest BCUT2D eigenvalue weighted by Crippen LogP contribution is -2.48. The second-order valence-electron chi connectivity index (χ2n) is 7.08. The second kappa shape index (κ2) is 7.09. The van der Waals surface area contributed by atoms with E-state index < -0.39 is 5.60 Å². The van der Waals surface area contributed by atoms with Gasteiger partial charge in [0.1, 0.15) is 5.75 Å². The van der Waals surface area contributed by atoms with Gasteiger partial charge in [-0.1, -0.05) is 35.9 Å². The molecular weight excluding hydrogens is 334 g/mol. The van der Waals surface area contributed by atoms with Crippen LogP contribution in [0.25, 0.3) is 0 Å². The van der Waals surface area contributed by atoms with Crippen LogP contribution in [0, 0.1) is 6.92 Å². The molecule has 2 aromatic carbocycles. The number of likely N-dealkylation sites (tertiary alicyclic amines) is 1. The maximum atomic E-state index is 13.2. The summed E-state index contributed by atoms with van der Waals surface area (Å²) in [7, 11) is 0. The Morgan fingerprint density at radius 2 is 1.84 bits per heavy atom. The predicted octanol–water partition coefficient (Wildman–Crippen LogP) is 5.17. The minimum absolute atomic E-state index is 0.0215. The number of carbonyl (C=O) groups is 1. The summed E-state index contributed by atoms with van der Waals surface area (Å²) in [6, 6.07) is 15.5. The molecule has 0 saturated carbocycles. The SMILES string of the molecule is Cc1ccccc1C1CCCN1C(=O)C(C)(C)Oc1ccc(Cl)cc1. The topological polar surface area (TPSA) is 29.5 Å². The summed E-state index contributed by atoms with van der Waals surface area (Å²) in [5.74, 6) is 0.669. The summed E-state index contributed by atoms with van der Waals surface area (Å²) in [5, 5.41) is 0.649. The van der Waals surface area contributed by atoms with E-state index in [0.717, 1.165) is 19.4 Å². The predicted molar refractivity (Wildman–Crippen MR) is 101 cm³/mol. The molecule has 1 fully saturated rings. The maximum absolute atomic E-state index is 13.2. The molecule has 0 N–H and O–H groups in total. The molecule has 1 aliphatic heterocycles. The minimum Gasteiger partial charge on any atom is -0.478 e. The van der Waals surface area contributed by atoms with Crippen LogP contribution in [0.2, 0.25) is 5.02 Å². The van der Waals surface area contributed by atoms with Crippen LogP contribution < -0.4 is 4.74 Å². The van der Waals surface area contributed by atoms with E-state index in [9.17, 15) is 4.79 Å². The van der Waals surface area contributed by atoms with Crippen molar-refractivity contribution in [3.8, 4) is 5.75 Å². The fourth-order valence-corrected chi connectivity index (χ4v) is 3.61. The number of aryl methyl sites for hydroxylation is 1. The average Bonchev–Trinajstić information content (AvgIpc) is 3.05. The molecule has 0 aliphatic carbocycles. The molecule has 0 spiro atoms. The van der Waals surface area contributed by atoms with Crippen LogP contribution in [0.4, 0.5) is 0 Å². The van der Waals surface area contributed by atoms with Crippen molar-refractivity contribution in [3.05, 3.63) is 64.7 Å². The molecule has 3 nitrogen and oxygen atoms in total. The Hall–Kier alpha value is -2.00. The first-order valence-electron chi connectivity index (χ1n) is 8.70. The second-order valence-corrected chi connectivity index (χ2v) is 7.52. The molecule has 4 heteroatoms. The van der Waals surface area contributed by atoms with Crippen molar-refractivity contribution < 1.29 is 9.53 Å². The van der Waals surface area contributed by atoms with E-state index in [1.54, 1.807) is 24.3 Å². The zero-order valence-electron chi connectivity index (χ0n) is 15.0. The Kier molecular flexibility index (Phi) is 5.05. The van der Waals surface area contributed by atoms with Crippen molar-refractivity contribution >= 4 is 17.5 Å². The van der Waals surface area contributed by atoms with E-state index >= 15 is 0 Å². The Morgan fingerprint density at radius 3 is 2.52 bits per heavy atom. The van der Waals surface area contributed by atoms with Crippen LogP contribution in [-0.4, -0.2) is 23.0 Å². The number of hydrogen-bond acceptors (Lipinski definition) is 2. The van der Waals surface area contributed by atoms with Gasteiger partial charge in [-0.15, -0.1) is 0 Å². The molecule has 132 valence electrons. The van der Waals surface area contributed by atoms with Crippen LogP contribution in [0.5, 0.6) is 5.75 Å². The average molecular weight is 358 g/mol. The third-order valence-corrected chi connectivity index (χ3v) is 5.01.